The van der Waals surface area contributed by atoms with Crippen molar-refractivity contribution in [3.63, 3.8) is 0 Å². The van der Waals surface area contributed by atoms with Crippen LogP contribution in [-0.4, -0.2) is 14.1 Å². The minimum Gasteiger partial charge on any atom is -0.317 e. The van der Waals surface area contributed by atoms with E-state index in [1.165, 1.54) is 6.07 Å². The van der Waals surface area contributed by atoms with Gasteiger partial charge in [-0.05, 0) is 66.8 Å². The maximum absolute atomic E-state index is 13.1. The van der Waals surface area contributed by atoms with Crippen LogP contribution in [0.15, 0.2) is 76.1 Å². The van der Waals surface area contributed by atoms with Gasteiger partial charge in [0, 0.05) is 27.7 Å². The molecule has 4 rings (SSSR count). The number of hydrogen-bond acceptors (Lipinski definition) is 2. The van der Waals surface area contributed by atoms with Gasteiger partial charge in [-0.25, -0.2) is 0 Å². The SMILES string of the molecule is C=c1/c(=C/c2cccn2-c2cccc(C(F)(F)F)c2)c(=O)[nH]c(=S)n1-c1cccc(Br)c1. The van der Waals surface area contributed by atoms with E-state index in [9.17, 15) is 18.0 Å². The second-order valence-corrected chi connectivity index (χ2v) is 8.23. The molecule has 2 aromatic carbocycles. The van der Waals surface area contributed by atoms with Crippen LogP contribution in [-0.2, 0) is 6.18 Å². The molecule has 9 heteroatoms. The zero-order chi connectivity index (χ0) is 23.0. The number of halogens is 4. The Morgan fingerprint density at radius 1 is 1.03 bits per heavy atom. The lowest BCUT2D eigenvalue weighted by Gasteiger charge is -2.11. The maximum Gasteiger partial charge on any atom is 0.416 e. The molecule has 0 aliphatic carbocycles. The first-order valence-electron chi connectivity index (χ1n) is 9.32. The van der Waals surface area contributed by atoms with Crippen LogP contribution in [0.3, 0.4) is 0 Å². The van der Waals surface area contributed by atoms with E-state index in [1.54, 1.807) is 39.6 Å². The quantitative estimate of drug-likeness (QED) is 0.400. The number of aromatic amines is 1. The number of benzene rings is 2. The van der Waals surface area contributed by atoms with E-state index < -0.39 is 17.3 Å². The van der Waals surface area contributed by atoms with Crippen LogP contribution in [0, 0.1) is 4.77 Å². The highest BCUT2D eigenvalue weighted by atomic mass is 79.9. The number of nitrogens with zero attached hydrogens (tertiary/aromatic N) is 2. The number of rotatable bonds is 3. The third-order valence-corrected chi connectivity index (χ3v) is 5.62. The van der Waals surface area contributed by atoms with Crippen molar-refractivity contribution in [2.24, 2.45) is 0 Å². The molecule has 0 amide bonds. The van der Waals surface area contributed by atoms with Gasteiger partial charge in [0.05, 0.1) is 16.1 Å². The summed E-state index contributed by atoms with van der Waals surface area (Å²) in [7, 11) is 0. The van der Waals surface area contributed by atoms with E-state index in [4.69, 9.17) is 12.2 Å². The maximum atomic E-state index is 13.1. The average Bonchev–Trinajstić information content (AvgIpc) is 3.19. The molecule has 2 heterocycles. The molecule has 32 heavy (non-hydrogen) atoms. The first-order valence-corrected chi connectivity index (χ1v) is 10.5. The van der Waals surface area contributed by atoms with Crippen LogP contribution in [0.2, 0.25) is 0 Å². The number of H-pyrrole nitrogens is 1. The van der Waals surface area contributed by atoms with E-state index in [2.05, 4.69) is 27.5 Å². The highest BCUT2D eigenvalue weighted by Crippen LogP contribution is 2.30. The van der Waals surface area contributed by atoms with Crippen LogP contribution in [0.4, 0.5) is 13.2 Å². The Bertz CT molecular complexity index is 1550. The largest absolute Gasteiger partial charge is 0.416 e. The molecule has 0 fully saturated rings. The van der Waals surface area contributed by atoms with Gasteiger partial charge in [-0.1, -0.05) is 34.6 Å². The van der Waals surface area contributed by atoms with Crippen LogP contribution < -0.4 is 16.1 Å². The zero-order valence-electron chi connectivity index (χ0n) is 16.4. The molecule has 0 atom stereocenters. The molecule has 0 bridgehead atoms. The van der Waals surface area contributed by atoms with Gasteiger partial charge in [0.25, 0.3) is 5.56 Å². The third kappa shape index (κ3) is 4.26. The first kappa shape index (κ1) is 22.0. The average molecular weight is 518 g/mol. The minimum absolute atomic E-state index is 0.184. The van der Waals surface area contributed by atoms with E-state index in [1.807, 2.05) is 24.3 Å². The lowest BCUT2D eigenvalue weighted by molar-refractivity contribution is -0.137. The second kappa shape index (κ2) is 8.40. The van der Waals surface area contributed by atoms with Gasteiger partial charge in [-0.2, -0.15) is 13.2 Å². The summed E-state index contributed by atoms with van der Waals surface area (Å²) in [6.07, 6.45) is -1.26. The second-order valence-electron chi connectivity index (χ2n) is 6.93. The Kier molecular flexibility index (Phi) is 5.79. The standard InChI is InChI=1S/C23H15BrF3N3OS/c1-14-20(21(31)28-22(32)30(14)19-8-3-6-16(24)12-19)13-18-9-4-10-29(18)17-7-2-5-15(11-17)23(25,26)27/h2-13H,1H2,(H,28,31,32)/b20-13-. The Hall–Kier alpha value is -3.17. The Morgan fingerprint density at radius 3 is 2.47 bits per heavy atom. The van der Waals surface area contributed by atoms with Crippen LogP contribution in [0.5, 0.6) is 0 Å². The van der Waals surface area contributed by atoms with Crippen LogP contribution in [0.25, 0.3) is 24.0 Å². The van der Waals surface area contributed by atoms with Crippen molar-refractivity contribution < 1.29 is 13.2 Å². The third-order valence-electron chi connectivity index (χ3n) is 4.84. The fraction of sp³-hybridized carbons (Fsp3) is 0.0435. The Morgan fingerprint density at radius 2 is 1.75 bits per heavy atom. The van der Waals surface area contributed by atoms with Gasteiger partial charge in [-0.15, -0.1) is 0 Å². The molecule has 4 nitrogen and oxygen atoms in total. The Balaban J connectivity index is 1.92. The fourth-order valence-corrected chi connectivity index (χ4v) is 4.05. The van der Waals surface area contributed by atoms with E-state index >= 15 is 0 Å². The summed E-state index contributed by atoms with van der Waals surface area (Å²) in [5.41, 5.74) is 0.334. The van der Waals surface area contributed by atoms with Gasteiger partial charge < -0.3 is 4.57 Å². The van der Waals surface area contributed by atoms with Gasteiger partial charge in [0.15, 0.2) is 4.77 Å². The van der Waals surface area contributed by atoms with Crippen LogP contribution in [0.1, 0.15) is 11.3 Å². The lowest BCUT2D eigenvalue weighted by atomic mass is 10.2. The summed E-state index contributed by atoms with van der Waals surface area (Å²) in [5, 5.41) is 0.596. The molecule has 0 unspecified atom stereocenters. The number of hydrogen-bond donors (Lipinski definition) is 1. The molecular weight excluding hydrogens is 503 g/mol. The van der Waals surface area contributed by atoms with Crippen molar-refractivity contribution in [1.82, 2.24) is 14.1 Å². The zero-order valence-corrected chi connectivity index (χ0v) is 18.8. The molecule has 162 valence electrons. The number of alkyl halides is 3. The highest BCUT2D eigenvalue weighted by molar-refractivity contribution is 9.10. The van der Waals surface area contributed by atoms with Gasteiger partial charge in [0.2, 0.25) is 0 Å². The molecule has 2 aromatic heterocycles. The molecule has 0 radical (unpaired) electrons. The van der Waals surface area contributed by atoms with Gasteiger partial charge in [-0.3, -0.25) is 14.3 Å². The number of aromatic nitrogens is 3. The summed E-state index contributed by atoms with van der Waals surface area (Å²) >= 11 is 8.75. The normalized spacial score (nSPS) is 12.3. The monoisotopic (exact) mass is 517 g/mol. The smallest absolute Gasteiger partial charge is 0.317 e. The van der Waals surface area contributed by atoms with Crippen molar-refractivity contribution >= 4 is 40.8 Å². The molecule has 4 aromatic rings. The van der Waals surface area contributed by atoms with Crippen molar-refractivity contribution in [2.45, 2.75) is 6.18 Å². The molecule has 0 saturated carbocycles. The van der Waals surface area contributed by atoms with Crippen molar-refractivity contribution in [2.75, 3.05) is 0 Å². The molecule has 0 aliphatic heterocycles. The summed E-state index contributed by atoms with van der Waals surface area (Å²) in [6.45, 7) is 4.05. The summed E-state index contributed by atoms with van der Waals surface area (Å²) < 4.78 is 43.7. The molecular formula is C23H15BrF3N3OS. The van der Waals surface area contributed by atoms with Crippen molar-refractivity contribution in [3.05, 3.63) is 108 Å². The predicted molar refractivity (Wildman–Crippen MR) is 124 cm³/mol. The first-order chi connectivity index (χ1) is 15.1. The molecule has 0 saturated heterocycles. The molecule has 1 N–H and O–H groups in total. The van der Waals surface area contributed by atoms with Gasteiger partial charge >= 0.3 is 6.18 Å². The fourth-order valence-electron chi connectivity index (χ4n) is 3.36. The topological polar surface area (TPSA) is 42.7 Å². The lowest BCUT2D eigenvalue weighted by Crippen LogP contribution is -2.46. The van der Waals surface area contributed by atoms with Crippen molar-refractivity contribution in [3.8, 4) is 11.4 Å². The van der Waals surface area contributed by atoms with Crippen molar-refractivity contribution in [1.29, 1.82) is 0 Å². The summed E-state index contributed by atoms with van der Waals surface area (Å²) in [5.74, 6) is 0. The summed E-state index contributed by atoms with van der Waals surface area (Å²) in [6, 6.07) is 15.7. The van der Waals surface area contributed by atoms with Gasteiger partial charge in [0.1, 0.15) is 0 Å². The van der Waals surface area contributed by atoms with E-state index in [0.717, 1.165) is 16.6 Å². The highest BCUT2D eigenvalue weighted by Gasteiger charge is 2.30. The Labute approximate surface area is 193 Å². The van der Waals surface area contributed by atoms with E-state index in [0.29, 0.717) is 22.4 Å². The number of nitrogens with one attached hydrogen (secondary N) is 1. The molecule has 0 aliphatic rings. The van der Waals surface area contributed by atoms with E-state index in [-0.39, 0.29) is 9.99 Å². The minimum atomic E-state index is -4.46. The summed E-state index contributed by atoms with van der Waals surface area (Å²) in [4.78, 5) is 15.3. The van der Waals surface area contributed by atoms with Crippen LogP contribution >= 0.6 is 28.1 Å². The molecule has 0 spiro atoms. The predicted octanol–water partition coefficient (Wildman–Crippen LogP) is 4.71.